The van der Waals surface area contributed by atoms with E-state index in [9.17, 15) is 14.9 Å². The van der Waals surface area contributed by atoms with Crippen molar-refractivity contribution < 1.29 is 14.1 Å². The molecule has 2 heterocycles. The van der Waals surface area contributed by atoms with Gasteiger partial charge in [0.15, 0.2) is 11.5 Å². The maximum atomic E-state index is 12.1. The average molecular weight is 343 g/mol. The predicted molar refractivity (Wildman–Crippen MR) is 90.2 cm³/mol. The summed E-state index contributed by atoms with van der Waals surface area (Å²) in [6.07, 6.45) is 2.80. The van der Waals surface area contributed by atoms with Crippen molar-refractivity contribution in [1.29, 1.82) is 0 Å². The van der Waals surface area contributed by atoms with Crippen LogP contribution in [-0.2, 0) is 11.3 Å². The summed E-state index contributed by atoms with van der Waals surface area (Å²) in [6.45, 7) is 4.29. The molecule has 0 saturated heterocycles. The number of aromatic nitrogens is 3. The minimum absolute atomic E-state index is 0.168. The molecular weight excluding hydrogens is 326 g/mol. The molecule has 9 heteroatoms. The van der Waals surface area contributed by atoms with Gasteiger partial charge in [0.05, 0.1) is 0 Å². The summed E-state index contributed by atoms with van der Waals surface area (Å²) < 4.78 is 7.13. The molecule has 1 N–H and O–H groups in total. The van der Waals surface area contributed by atoms with Gasteiger partial charge >= 0.3 is 5.82 Å². The number of carbonyl (C=O) groups excluding carboxylic acids is 1. The first-order chi connectivity index (χ1) is 11.9. The number of amides is 1. The van der Waals surface area contributed by atoms with Gasteiger partial charge in [0.1, 0.15) is 11.7 Å². The Kier molecular flexibility index (Phi) is 4.46. The van der Waals surface area contributed by atoms with E-state index in [1.165, 1.54) is 17.1 Å². The van der Waals surface area contributed by atoms with Gasteiger partial charge < -0.3 is 24.4 Å². The highest BCUT2D eigenvalue weighted by molar-refractivity contribution is 5.92. The molecule has 3 aromatic rings. The SMILES string of the molecule is CC(C)c1nc2cc(NC(=O)CCn3cnc([N+](=O)[O-])c3)ccc2o1. The van der Waals surface area contributed by atoms with Crippen molar-refractivity contribution in [3.05, 3.63) is 46.7 Å². The number of nitrogens with zero attached hydrogens (tertiary/aromatic N) is 4. The highest BCUT2D eigenvalue weighted by atomic mass is 16.6. The number of aryl methyl sites for hydroxylation is 1. The lowest BCUT2D eigenvalue weighted by Crippen LogP contribution is -2.14. The van der Waals surface area contributed by atoms with Gasteiger partial charge in [-0.15, -0.1) is 0 Å². The third-order valence-electron chi connectivity index (χ3n) is 3.59. The van der Waals surface area contributed by atoms with Crippen molar-refractivity contribution in [2.75, 3.05) is 5.32 Å². The molecule has 3 rings (SSSR count). The second kappa shape index (κ2) is 6.71. The van der Waals surface area contributed by atoms with Crippen LogP contribution < -0.4 is 5.32 Å². The van der Waals surface area contributed by atoms with Crippen LogP contribution in [0.5, 0.6) is 0 Å². The highest BCUT2D eigenvalue weighted by Crippen LogP contribution is 2.23. The van der Waals surface area contributed by atoms with Gasteiger partial charge in [-0.2, -0.15) is 0 Å². The normalized spacial score (nSPS) is 11.2. The van der Waals surface area contributed by atoms with E-state index >= 15 is 0 Å². The van der Waals surface area contributed by atoms with Gasteiger partial charge in [0.25, 0.3) is 0 Å². The Hall–Kier alpha value is -3.23. The zero-order valence-corrected chi connectivity index (χ0v) is 13.8. The molecule has 130 valence electrons. The second-order valence-corrected chi connectivity index (χ2v) is 5.91. The Bertz CT molecular complexity index is 928. The molecule has 0 aliphatic rings. The third kappa shape index (κ3) is 3.82. The van der Waals surface area contributed by atoms with Gasteiger partial charge in [0.2, 0.25) is 12.2 Å². The largest absolute Gasteiger partial charge is 0.440 e. The zero-order valence-electron chi connectivity index (χ0n) is 13.8. The van der Waals surface area contributed by atoms with Gasteiger partial charge in [-0.05, 0) is 28.1 Å². The molecule has 0 spiro atoms. The summed E-state index contributed by atoms with van der Waals surface area (Å²) in [4.78, 5) is 30.1. The van der Waals surface area contributed by atoms with Crippen molar-refractivity contribution in [3.8, 4) is 0 Å². The topological polar surface area (TPSA) is 116 Å². The molecular formula is C16H17N5O4. The number of fused-ring (bicyclic) bond motifs is 1. The van der Waals surface area contributed by atoms with E-state index in [1.807, 2.05) is 13.8 Å². The van der Waals surface area contributed by atoms with Crippen LogP contribution in [-0.4, -0.2) is 25.4 Å². The first-order valence-electron chi connectivity index (χ1n) is 7.79. The van der Waals surface area contributed by atoms with Crippen LogP contribution in [0, 0.1) is 10.1 Å². The van der Waals surface area contributed by atoms with E-state index in [4.69, 9.17) is 4.42 Å². The number of hydrogen-bond donors (Lipinski definition) is 1. The molecule has 0 unspecified atom stereocenters. The number of nitrogens with one attached hydrogen (secondary N) is 1. The summed E-state index contributed by atoms with van der Waals surface area (Å²) in [5, 5.41) is 13.4. The Morgan fingerprint density at radius 1 is 1.44 bits per heavy atom. The summed E-state index contributed by atoms with van der Waals surface area (Å²) in [6, 6.07) is 5.27. The van der Waals surface area contributed by atoms with Gasteiger partial charge in [-0.1, -0.05) is 13.8 Å². The van der Waals surface area contributed by atoms with E-state index in [1.54, 1.807) is 18.2 Å². The summed E-state index contributed by atoms with van der Waals surface area (Å²) >= 11 is 0. The lowest BCUT2D eigenvalue weighted by molar-refractivity contribution is -0.389. The molecule has 0 saturated carbocycles. The first-order valence-corrected chi connectivity index (χ1v) is 7.79. The number of carbonyl (C=O) groups is 1. The number of imidazole rings is 1. The zero-order chi connectivity index (χ0) is 18.0. The van der Waals surface area contributed by atoms with E-state index in [0.717, 1.165) is 0 Å². The molecule has 0 fully saturated rings. The van der Waals surface area contributed by atoms with Crippen LogP contribution in [0.3, 0.4) is 0 Å². The van der Waals surface area contributed by atoms with Crippen LogP contribution in [0.2, 0.25) is 0 Å². The molecule has 0 radical (unpaired) electrons. The first kappa shape index (κ1) is 16.6. The van der Waals surface area contributed by atoms with E-state index in [-0.39, 0.29) is 24.1 Å². The maximum Gasteiger partial charge on any atom is 0.381 e. The average Bonchev–Trinajstić information content (AvgIpc) is 3.19. The molecule has 2 aromatic heterocycles. The molecule has 1 aromatic carbocycles. The van der Waals surface area contributed by atoms with E-state index in [0.29, 0.717) is 29.2 Å². The number of anilines is 1. The third-order valence-corrected chi connectivity index (χ3v) is 3.59. The Labute approximate surface area is 142 Å². The van der Waals surface area contributed by atoms with Crippen LogP contribution in [0.4, 0.5) is 11.5 Å². The second-order valence-electron chi connectivity index (χ2n) is 5.91. The van der Waals surface area contributed by atoms with Gasteiger partial charge in [-0.3, -0.25) is 4.79 Å². The molecule has 25 heavy (non-hydrogen) atoms. The molecule has 0 aliphatic carbocycles. The lowest BCUT2D eigenvalue weighted by Gasteiger charge is -2.04. The fourth-order valence-electron chi connectivity index (χ4n) is 2.29. The van der Waals surface area contributed by atoms with Crippen molar-refractivity contribution in [3.63, 3.8) is 0 Å². The van der Waals surface area contributed by atoms with Crippen LogP contribution in [0.1, 0.15) is 32.1 Å². The Morgan fingerprint density at radius 3 is 2.92 bits per heavy atom. The molecule has 0 bridgehead atoms. The molecule has 9 nitrogen and oxygen atoms in total. The van der Waals surface area contributed by atoms with Crippen LogP contribution >= 0.6 is 0 Å². The minimum Gasteiger partial charge on any atom is -0.440 e. The number of nitro groups is 1. The number of benzene rings is 1. The summed E-state index contributed by atoms with van der Waals surface area (Å²) in [5.74, 6) is 0.394. The van der Waals surface area contributed by atoms with Crippen LogP contribution in [0.15, 0.2) is 35.1 Å². The smallest absolute Gasteiger partial charge is 0.381 e. The summed E-state index contributed by atoms with van der Waals surface area (Å²) in [7, 11) is 0. The molecule has 1 amide bonds. The van der Waals surface area contributed by atoms with Crippen LogP contribution in [0.25, 0.3) is 11.1 Å². The van der Waals surface area contributed by atoms with E-state index in [2.05, 4.69) is 15.3 Å². The molecule has 0 atom stereocenters. The Balaban J connectivity index is 1.61. The fourth-order valence-corrected chi connectivity index (χ4v) is 2.29. The van der Waals surface area contributed by atoms with Gasteiger partial charge in [0, 0.05) is 24.6 Å². The van der Waals surface area contributed by atoms with Crippen molar-refractivity contribution in [2.24, 2.45) is 0 Å². The van der Waals surface area contributed by atoms with E-state index < -0.39 is 4.92 Å². The van der Waals surface area contributed by atoms with Crippen molar-refractivity contribution in [1.82, 2.24) is 14.5 Å². The maximum absolute atomic E-state index is 12.1. The van der Waals surface area contributed by atoms with Crippen molar-refractivity contribution >= 4 is 28.5 Å². The van der Waals surface area contributed by atoms with Gasteiger partial charge in [-0.25, -0.2) is 4.98 Å². The highest BCUT2D eigenvalue weighted by Gasteiger charge is 2.12. The standard InChI is InChI=1S/C16H17N5O4/c1-10(2)16-19-12-7-11(3-4-13(12)25-16)18-15(22)5-6-20-8-14(17-9-20)21(23)24/h3-4,7-10H,5-6H2,1-2H3,(H,18,22). The Morgan fingerprint density at radius 2 is 2.24 bits per heavy atom. The minimum atomic E-state index is -0.574. The summed E-state index contributed by atoms with van der Waals surface area (Å²) in [5.41, 5.74) is 1.98. The molecule has 0 aliphatic heterocycles. The number of rotatable bonds is 6. The number of oxazole rings is 1. The number of hydrogen-bond acceptors (Lipinski definition) is 6. The lowest BCUT2D eigenvalue weighted by atomic mass is 10.2. The quantitative estimate of drug-likeness (QED) is 0.543. The predicted octanol–water partition coefficient (Wildman–Crippen LogP) is 3.08. The van der Waals surface area contributed by atoms with Crippen molar-refractivity contribution in [2.45, 2.75) is 32.7 Å². The fraction of sp³-hybridized carbons (Fsp3) is 0.312. The monoisotopic (exact) mass is 343 g/mol.